The predicted molar refractivity (Wildman–Crippen MR) is 127 cm³/mol. The first kappa shape index (κ1) is 21.4. The molecule has 1 aromatic heterocycles. The Morgan fingerprint density at radius 1 is 0.969 bits per heavy atom. The molecule has 0 aliphatic heterocycles. The van der Waals surface area contributed by atoms with Crippen molar-refractivity contribution in [3.63, 3.8) is 0 Å². The third-order valence-corrected chi connectivity index (χ3v) is 5.12. The summed E-state index contributed by atoms with van der Waals surface area (Å²) in [6.45, 7) is 6.70. The molecule has 0 unspecified atom stereocenters. The van der Waals surface area contributed by atoms with Crippen molar-refractivity contribution in [3.8, 4) is 16.9 Å². The van der Waals surface area contributed by atoms with Crippen molar-refractivity contribution in [2.24, 2.45) is 5.92 Å². The zero-order valence-electron chi connectivity index (χ0n) is 18.3. The number of carbonyl (C=O) groups is 1. The van der Waals surface area contributed by atoms with E-state index < -0.39 is 0 Å². The van der Waals surface area contributed by atoms with Crippen LogP contribution in [0, 0.1) is 12.8 Å². The van der Waals surface area contributed by atoms with Gasteiger partial charge in [-0.05, 0) is 72.5 Å². The van der Waals surface area contributed by atoms with E-state index in [1.807, 2.05) is 43.3 Å². The fourth-order valence-corrected chi connectivity index (χ4v) is 3.46. The first-order chi connectivity index (χ1) is 15.4. The lowest BCUT2D eigenvalue weighted by Crippen LogP contribution is -2.12. The summed E-state index contributed by atoms with van der Waals surface area (Å²) < 4.78 is 11.1. The molecule has 4 aromatic rings. The van der Waals surface area contributed by atoms with Gasteiger partial charge in [-0.2, -0.15) is 0 Å². The number of benzene rings is 3. The van der Waals surface area contributed by atoms with E-state index in [0.717, 1.165) is 22.3 Å². The molecule has 32 heavy (non-hydrogen) atoms. The van der Waals surface area contributed by atoms with Crippen LogP contribution in [0.15, 0.2) is 82.0 Å². The summed E-state index contributed by atoms with van der Waals surface area (Å²) in [5.41, 5.74) is 3.50. The minimum absolute atomic E-state index is 0.210. The Kier molecular flexibility index (Phi) is 6.08. The lowest BCUT2D eigenvalue weighted by atomic mass is 10.0. The quantitative estimate of drug-likeness (QED) is 0.380. The molecule has 0 saturated heterocycles. The van der Waals surface area contributed by atoms with Crippen LogP contribution in [0.3, 0.4) is 0 Å². The van der Waals surface area contributed by atoms with Gasteiger partial charge in [0.05, 0.1) is 12.2 Å². The molecule has 3 aromatic carbocycles. The van der Waals surface area contributed by atoms with Crippen molar-refractivity contribution < 1.29 is 13.9 Å². The van der Waals surface area contributed by atoms with Crippen molar-refractivity contribution in [1.29, 1.82) is 0 Å². The van der Waals surface area contributed by atoms with Crippen LogP contribution >= 0.6 is 0 Å². The van der Waals surface area contributed by atoms with Gasteiger partial charge in [0.15, 0.2) is 0 Å². The SMILES string of the molecule is Cc1cc(NC(=O)c2ccc(OCC(C)C)cc2)ccc1-c1cc2ccccc2oc1=O. The molecule has 0 saturated carbocycles. The molecule has 0 bridgehead atoms. The Bertz CT molecular complexity index is 1320. The molecule has 162 valence electrons. The van der Waals surface area contributed by atoms with E-state index in [0.29, 0.717) is 34.9 Å². The summed E-state index contributed by atoms with van der Waals surface area (Å²) in [6.07, 6.45) is 0. The molecular formula is C27H25NO4. The van der Waals surface area contributed by atoms with Crippen molar-refractivity contribution >= 4 is 22.6 Å². The summed E-state index contributed by atoms with van der Waals surface area (Å²) in [4.78, 5) is 25.1. The number of nitrogens with one attached hydrogen (secondary N) is 1. The number of carbonyl (C=O) groups excluding carboxylic acids is 1. The number of hydrogen-bond donors (Lipinski definition) is 1. The summed E-state index contributed by atoms with van der Waals surface area (Å²) in [5.74, 6) is 0.965. The van der Waals surface area contributed by atoms with Crippen LogP contribution < -0.4 is 15.7 Å². The van der Waals surface area contributed by atoms with E-state index in [-0.39, 0.29) is 11.5 Å². The van der Waals surface area contributed by atoms with Gasteiger partial charge in [0.2, 0.25) is 0 Å². The van der Waals surface area contributed by atoms with E-state index >= 15 is 0 Å². The fraction of sp³-hybridized carbons (Fsp3) is 0.185. The average molecular weight is 428 g/mol. The Labute approximate surface area is 186 Å². The summed E-state index contributed by atoms with van der Waals surface area (Å²) in [6, 6.07) is 21.8. The maximum Gasteiger partial charge on any atom is 0.344 e. The molecule has 1 N–H and O–H groups in total. The highest BCUT2D eigenvalue weighted by atomic mass is 16.5. The lowest BCUT2D eigenvalue weighted by Gasteiger charge is -2.11. The van der Waals surface area contributed by atoms with Gasteiger partial charge in [-0.25, -0.2) is 4.79 Å². The van der Waals surface area contributed by atoms with Gasteiger partial charge in [-0.3, -0.25) is 4.79 Å². The minimum Gasteiger partial charge on any atom is -0.493 e. The number of para-hydroxylation sites is 1. The monoisotopic (exact) mass is 427 g/mol. The second kappa shape index (κ2) is 9.10. The number of hydrogen-bond acceptors (Lipinski definition) is 4. The lowest BCUT2D eigenvalue weighted by molar-refractivity contribution is 0.102. The number of rotatable bonds is 6. The number of anilines is 1. The molecule has 0 aliphatic rings. The van der Waals surface area contributed by atoms with E-state index in [1.54, 1.807) is 36.4 Å². The first-order valence-electron chi connectivity index (χ1n) is 10.6. The number of amides is 1. The van der Waals surface area contributed by atoms with E-state index in [9.17, 15) is 9.59 Å². The fourth-order valence-electron chi connectivity index (χ4n) is 3.46. The van der Waals surface area contributed by atoms with Crippen molar-refractivity contribution in [1.82, 2.24) is 0 Å². The molecule has 0 radical (unpaired) electrons. The van der Waals surface area contributed by atoms with E-state index in [4.69, 9.17) is 9.15 Å². The largest absolute Gasteiger partial charge is 0.493 e. The van der Waals surface area contributed by atoms with Crippen LogP contribution in [0.2, 0.25) is 0 Å². The van der Waals surface area contributed by atoms with Crippen LogP contribution in [0.1, 0.15) is 29.8 Å². The number of fused-ring (bicyclic) bond motifs is 1. The second-order valence-electron chi connectivity index (χ2n) is 8.20. The van der Waals surface area contributed by atoms with Crippen LogP contribution in [-0.2, 0) is 0 Å². The normalized spacial score (nSPS) is 11.0. The van der Waals surface area contributed by atoms with Gasteiger partial charge >= 0.3 is 5.63 Å². The zero-order chi connectivity index (χ0) is 22.7. The molecule has 1 heterocycles. The second-order valence-corrected chi connectivity index (χ2v) is 8.20. The topological polar surface area (TPSA) is 68.5 Å². The highest BCUT2D eigenvalue weighted by molar-refractivity contribution is 6.04. The van der Waals surface area contributed by atoms with Crippen molar-refractivity contribution in [3.05, 3.63) is 94.3 Å². The highest BCUT2D eigenvalue weighted by Crippen LogP contribution is 2.26. The van der Waals surface area contributed by atoms with Gasteiger partial charge in [0, 0.05) is 16.6 Å². The van der Waals surface area contributed by atoms with Gasteiger partial charge in [0.25, 0.3) is 5.91 Å². The van der Waals surface area contributed by atoms with Gasteiger partial charge in [-0.1, -0.05) is 38.1 Å². The molecule has 5 heteroatoms. The summed E-state index contributed by atoms with van der Waals surface area (Å²) in [7, 11) is 0. The summed E-state index contributed by atoms with van der Waals surface area (Å²) in [5, 5.41) is 3.77. The van der Waals surface area contributed by atoms with Gasteiger partial charge in [-0.15, -0.1) is 0 Å². The average Bonchev–Trinajstić information content (AvgIpc) is 2.78. The maximum atomic E-state index is 12.6. The molecule has 5 nitrogen and oxygen atoms in total. The van der Waals surface area contributed by atoms with E-state index in [2.05, 4.69) is 19.2 Å². The van der Waals surface area contributed by atoms with Crippen molar-refractivity contribution in [2.75, 3.05) is 11.9 Å². The van der Waals surface area contributed by atoms with Gasteiger partial charge < -0.3 is 14.5 Å². The molecule has 0 atom stereocenters. The Morgan fingerprint density at radius 2 is 1.72 bits per heavy atom. The third-order valence-electron chi connectivity index (χ3n) is 5.12. The Balaban J connectivity index is 1.52. The summed E-state index contributed by atoms with van der Waals surface area (Å²) >= 11 is 0. The first-order valence-corrected chi connectivity index (χ1v) is 10.6. The van der Waals surface area contributed by atoms with Crippen LogP contribution in [0.5, 0.6) is 5.75 Å². The van der Waals surface area contributed by atoms with Crippen LogP contribution in [0.4, 0.5) is 5.69 Å². The molecule has 0 aliphatic carbocycles. The van der Waals surface area contributed by atoms with Crippen molar-refractivity contribution in [2.45, 2.75) is 20.8 Å². The number of ether oxygens (including phenoxy) is 1. The third kappa shape index (κ3) is 4.72. The Morgan fingerprint density at radius 3 is 2.44 bits per heavy atom. The molecule has 0 spiro atoms. The minimum atomic E-state index is -0.386. The highest BCUT2D eigenvalue weighted by Gasteiger charge is 2.12. The van der Waals surface area contributed by atoms with E-state index in [1.165, 1.54) is 0 Å². The smallest absolute Gasteiger partial charge is 0.344 e. The predicted octanol–water partition coefficient (Wildman–Crippen LogP) is 6.06. The van der Waals surface area contributed by atoms with Gasteiger partial charge in [0.1, 0.15) is 11.3 Å². The van der Waals surface area contributed by atoms with Crippen LogP contribution in [-0.4, -0.2) is 12.5 Å². The van der Waals surface area contributed by atoms with Crippen LogP contribution in [0.25, 0.3) is 22.1 Å². The molecule has 1 amide bonds. The maximum absolute atomic E-state index is 12.6. The molecular weight excluding hydrogens is 402 g/mol. The molecule has 4 rings (SSSR count). The zero-order valence-corrected chi connectivity index (χ0v) is 18.3. The standard InChI is InChI=1S/C27H25NO4/c1-17(2)16-31-22-11-8-19(9-12-22)26(29)28-21-10-13-23(18(3)14-21)24-15-20-6-4-5-7-25(20)32-27(24)30/h4-15,17H,16H2,1-3H3,(H,28,29). The molecule has 0 fully saturated rings. The Hall–Kier alpha value is -3.86. The number of aryl methyl sites for hydroxylation is 1.